The fourth-order valence-electron chi connectivity index (χ4n) is 2.23. The molecule has 2 aliphatic carbocycles. The summed E-state index contributed by atoms with van der Waals surface area (Å²) in [5.41, 5.74) is -0.855. The molecule has 2 fully saturated rings. The van der Waals surface area contributed by atoms with Gasteiger partial charge in [-0.1, -0.05) is 0 Å². The molecule has 0 heterocycles. The molecule has 1 atom stereocenters. The van der Waals surface area contributed by atoms with Crippen molar-refractivity contribution in [2.75, 3.05) is 33.4 Å². The summed E-state index contributed by atoms with van der Waals surface area (Å²) >= 11 is 0. The largest absolute Gasteiger partial charge is 0.480 e. The zero-order valence-electron chi connectivity index (χ0n) is 12.0. The monoisotopic (exact) mass is 270 g/mol. The molecule has 0 amide bonds. The Labute approximate surface area is 115 Å². The van der Waals surface area contributed by atoms with E-state index < -0.39 is 11.5 Å². The van der Waals surface area contributed by atoms with Crippen molar-refractivity contribution < 1.29 is 14.6 Å². The fraction of sp³-hybridized carbons (Fsp3) is 0.929. The minimum absolute atomic E-state index is 0.389. The van der Waals surface area contributed by atoms with E-state index in [0.29, 0.717) is 19.2 Å². The first-order valence-electron chi connectivity index (χ1n) is 7.27. The number of hydrogen-bond acceptors (Lipinski definition) is 4. The van der Waals surface area contributed by atoms with Crippen LogP contribution in [0.2, 0.25) is 0 Å². The maximum absolute atomic E-state index is 11.4. The minimum Gasteiger partial charge on any atom is -0.480 e. The maximum atomic E-state index is 11.4. The van der Waals surface area contributed by atoms with Crippen molar-refractivity contribution in [3.05, 3.63) is 0 Å². The van der Waals surface area contributed by atoms with Crippen molar-refractivity contribution in [2.45, 2.75) is 44.2 Å². The van der Waals surface area contributed by atoms with E-state index in [4.69, 9.17) is 4.74 Å². The van der Waals surface area contributed by atoms with E-state index in [1.165, 1.54) is 12.8 Å². The normalized spacial score (nSPS) is 22.5. The Morgan fingerprint density at radius 2 is 2.11 bits per heavy atom. The molecular formula is C14H26N2O3. The van der Waals surface area contributed by atoms with Crippen LogP contribution in [0.4, 0.5) is 0 Å². The molecule has 110 valence electrons. The molecule has 0 saturated heterocycles. The number of nitrogens with one attached hydrogen (secondary N) is 1. The molecule has 0 aromatic rings. The van der Waals surface area contributed by atoms with Gasteiger partial charge in [0.15, 0.2) is 0 Å². The van der Waals surface area contributed by atoms with Gasteiger partial charge in [0.25, 0.3) is 0 Å². The molecule has 0 spiro atoms. The van der Waals surface area contributed by atoms with Gasteiger partial charge in [0.2, 0.25) is 0 Å². The standard InChI is InChI=1S/C14H26N2O3/c1-14(13(17)18,15-12-5-6-12)10-16(2)7-8-19-9-11-3-4-11/h11-12,15H,3-10H2,1-2H3,(H,17,18). The number of carboxylic acid groups (broad SMARTS) is 1. The van der Waals surface area contributed by atoms with Crippen LogP contribution in [0.5, 0.6) is 0 Å². The number of rotatable bonds is 10. The third-order valence-corrected chi connectivity index (χ3v) is 3.83. The third kappa shape index (κ3) is 5.09. The lowest BCUT2D eigenvalue weighted by Gasteiger charge is -2.31. The first-order valence-corrected chi connectivity index (χ1v) is 7.27. The van der Waals surface area contributed by atoms with Crippen LogP contribution in [-0.4, -0.2) is 60.9 Å². The van der Waals surface area contributed by atoms with Crippen LogP contribution in [0.1, 0.15) is 32.6 Å². The van der Waals surface area contributed by atoms with Gasteiger partial charge in [-0.05, 0) is 45.6 Å². The average Bonchev–Trinajstić information content (AvgIpc) is 3.18. The Morgan fingerprint density at radius 3 is 2.63 bits per heavy atom. The Kier molecular flexibility index (Phi) is 4.81. The van der Waals surface area contributed by atoms with E-state index in [0.717, 1.165) is 31.9 Å². The van der Waals surface area contributed by atoms with Gasteiger partial charge >= 0.3 is 5.97 Å². The molecule has 2 saturated carbocycles. The van der Waals surface area contributed by atoms with Gasteiger partial charge in [0, 0.05) is 25.7 Å². The minimum atomic E-state index is -0.855. The second-order valence-electron chi connectivity index (χ2n) is 6.31. The van der Waals surface area contributed by atoms with Crippen molar-refractivity contribution in [3.63, 3.8) is 0 Å². The van der Waals surface area contributed by atoms with E-state index in [2.05, 4.69) is 5.32 Å². The summed E-state index contributed by atoms with van der Waals surface area (Å²) in [5.74, 6) is 0.0104. The number of ether oxygens (including phenoxy) is 1. The molecule has 0 bridgehead atoms. The lowest BCUT2D eigenvalue weighted by atomic mass is 10.0. The number of nitrogens with zero attached hydrogens (tertiary/aromatic N) is 1. The van der Waals surface area contributed by atoms with E-state index in [1.54, 1.807) is 6.92 Å². The fourth-order valence-corrected chi connectivity index (χ4v) is 2.23. The van der Waals surface area contributed by atoms with Gasteiger partial charge in [-0.3, -0.25) is 10.1 Å². The van der Waals surface area contributed by atoms with Crippen LogP contribution in [0, 0.1) is 5.92 Å². The summed E-state index contributed by atoms with van der Waals surface area (Å²) in [5, 5.41) is 12.6. The lowest BCUT2D eigenvalue weighted by Crippen LogP contribution is -2.57. The Bertz CT molecular complexity index is 316. The number of likely N-dealkylation sites (N-methyl/N-ethyl adjacent to an activating group) is 1. The van der Waals surface area contributed by atoms with Crippen molar-refractivity contribution >= 4 is 5.97 Å². The summed E-state index contributed by atoms with van der Waals surface area (Å²) < 4.78 is 5.59. The Balaban J connectivity index is 1.67. The smallest absolute Gasteiger partial charge is 0.324 e. The predicted octanol–water partition coefficient (Wildman–Crippen LogP) is 0.940. The molecule has 1 unspecified atom stereocenters. The molecule has 5 nitrogen and oxygen atoms in total. The second kappa shape index (κ2) is 6.20. The van der Waals surface area contributed by atoms with E-state index >= 15 is 0 Å². The average molecular weight is 270 g/mol. The van der Waals surface area contributed by atoms with Crippen LogP contribution in [-0.2, 0) is 9.53 Å². The van der Waals surface area contributed by atoms with Crippen molar-refractivity contribution in [3.8, 4) is 0 Å². The molecule has 0 aliphatic heterocycles. The van der Waals surface area contributed by atoms with E-state index in [1.807, 2.05) is 11.9 Å². The molecule has 2 N–H and O–H groups in total. The zero-order valence-corrected chi connectivity index (χ0v) is 12.0. The number of carbonyl (C=O) groups is 1. The van der Waals surface area contributed by atoms with Crippen molar-refractivity contribution in [1.82, 2.24) is 10.2 Å². The molecule has 0 aromatic carbocycles. The zero-order chi connectivity index (χ0) is 13.9. The molecule has 19 heavy (non-hydrogen) atoms. The van der Waals surface area contributed by atoms with E-state index in [9.17, 15) is 9.90 Å². The van der Waals surface area contributed by atoms with Crippen molar-refractivity contribution in [2.24, 2.45) is 5.92 Å². The second-order valence-corrected chi connectivity index (χ2v) is 6.31. The van der Waals surface area contributed by atoms with Crippen LogP contribution in [0.25, 0.3) is 0 Å². The maximum Gasteiger partial charge on any atom is 0.324 e. The summed E-state index contributed by atoms with van der Waals surface area (Å²) in [7, 11) is 1.95. The molecule has 5 heteroatoms. The lowest BCUT2D eigenvalue weighted by molar-refractivity contribution is -0.145. The third-order valence-electron chi connectivity index (χ3n) is 3.83. The van der Waals surface area contributed by atoms with Gasteiger partial charge in [-0.25, -0.2) is 0 Å². The van der Waals surface area contributed by atoms with Crippen LogP contribution in [0.3, 0.4) is 0 Å². The molecule has 2 rings (SSSR count). The molecular weight excluding hydrogens is 244 g/mol. The van der Waals surface area contributed by atoms with Crippen LogP contribution >= 0.6 is 0 Å². The molecule has 0 aromatic heterocycles. The van der Waals surface area contributed by atoms with E-state index in [-0.39, 0.29) is 0 Å². The summed E-state index contributed by atoms with van der Waals surface area (Å²) in [6.45, 7) is 4.61. The molecule has 2 aliphatic rings. The number of hydrogen-bond donors (Lipinski definition) is 2. The van der Waals surface area contributed by atoms with Gasteiger partial charge in [0.1, 0.15) is 5.54 Å². The highest BCUT2D eigenvalue weighted by atomic mass is 16.5. The van der Waals surface area contributed by atoms with Crippen molar-refractivity contribution in [1.29, 1.82) is 0 Å². The highest BCUT2D eigenvalue weighted by Crippen LogP contribution is 2.28. The number of aliphatic carboxylic acids is 1. The first kappa shape index (κ1) is 14.8. The summed E-state index contributed by atoms with van der Waals surface area (Å²) in [4.78, 5) is 13.5. The Hall–Kier alpha value is -0.650. The van der Waals surface area contributed by atoms with Gasteiger partial charge in [-0.2, -0.15) is 0 Å². The summed E-state index contributed by atoms with van der Waals surface area (Å²) in [6.07, 6.45) is 4.80. The predicted molar refractivity (Wildman–Crippen MR) is 73.2 cm³/mol. The van der Waals surface area contributed by atoms with Crippen LogP contribution in [0.15, 0.2) is 0 Å². The SMILES string of the molecule is CN(CCOCC1CC1)CC(C)(NC1CC1)C(=O)O. The number of carboxylic acids is 1. The van der Waals surface area contributed by atoms with Gasteiger partial charge in [-0.15, -0.1) is 0 Å². The molecule has 0 radical (unpaired) electrons. The highest BCUT2D eigenvalue weighted by molar-refractivity contribution is 5.78. The first-order chi connectivity index (χ1) is 8.99. The highest BCUT2D eigenvalue weighted by Gasteiger charge is 2.39. The van der Waals surface area contributed by atoms with Gasteiger partial charge < -0.3 is 14.7 Å². The van der Waals surface area contributed by atoms with Crippen LogP contribution < -0.4 is 5.32 Å². The quantitative estimate of drug-likeness (QED) is 0.579. The summed E-state index contributed by atoms with van der Waals surface area (Å²) in [6, 6.07) is 0.389. The topological polar surface area (TPSA) is 61.8 Å². The van der Waals surface area contributed by atoms with Gasteiger partial charge in [0.05, 0.1) is 6.61 Å². The Morgan fingerprint density at radius 1 is 1.42 bits per heavy atom.